The number of hydrogen-bond donors (Lipinski definition) is 0. The highest BCUT2D eigenvalue weighted by atomic mass is 16.5. The molecule has 0 aliphatic carbocycles. The summed E-state index contributed by atoms with van der Waals surface area (Å²) in [6, 6.07) is 17.2. The summed E-state index contributed by atoms with van der Waals surface area (Å²) >= 11 is 0. The highest BCUT2D eigenvalue weighted by Gasteiger charge is 2.14. The van der Waals surface area contributed by atoms with Gasteiger partial charge in [-0.05, 0) is 24.3 Å². The summed E-state index contributed by atoms with van der Waals surface area (Å²) in [5.41, 5.74) is 2.89. The summed E-state index contributed by atoms with van der Waals surface area (Å²) in [6.07, 6.45) is 3.27. The molecule has 2 aromatic heterocycles. The minimum Gasteiger partial charge on any atom is -0.496 e. The van der Waals surface area contributed by atoms with Crippen molar-refractivity contribution in [3.8, 4) is 40.0 Å². The molecule has 0 amide bonds. The van der Waals surface area contributed by atoms with Crippen molar-refractivity contribution >= 4 is 0 Å². The van der Waals surface area contributed by atoms with E-state index in [0.29, 0.717) is 23.2 Å². The molecule has 0 bridgehead atoms. The van der Waals surface area contributed by atoms with Gasteiger partial charge in [-0.1, -0.05) is 30.3 Å². The van der Waals surface area contributed by atoms with Crippen LogP contribution < -0.4 is 4.74 Å². The van der Waals surface area contributed by atoms with Crippen molar-refractivity contribution in [2.75, 3.05) is 7.11 Å². The maximum absolute atomic E-state index is 5.75. The first kappa shape index (κ1) is 15.0. The Morgan fingerprint density at radius 1 is 0.800 bits per heavy atom. The van der Waals surface area contributed by atoms with Gasteiger partial charge < -0.3 is 9.15 Å². The fraction of sp³-hybridized carbons (Fsp3) is 0.0526. The third-order valence-corrected chi connectivity index (χ3v) is 3.68. The van der Waals surface area contributed by atoms with Crippen LogP contribution in [0.1, 0.15) is 0 Å². The Morgan fingerprint density at radius 2 is 1.52 bits per heavy atom. The second-order valence-electron chi connectivity index (χ2n) is 5.27. The lowest BCUT2D eigenvalue weighted by Gasteiger charge is -2.07. The Labute approximate surface area is 144 Å². The number of ether oxygens (including phenoxy) is 1. The zero-order valence-electron chi connectivity index (χ0n) is 13.5. The van der Waals surface area contributed by atoms with Gasteiger partial charge in [0.2, 0.25) is 5.89 Å². The number of rotatable bonds is 4. The molecule has 25 heavy (non-hydrogen) atoms. The van der Waals surface area contributed by atoms with E-state index in [-0.39, 0.29) is 0 Å². The minimum atomic E-state index is 0.322. The molecular formula is C19H14N4O2. The fourth-order valence-corrected chi connectivity index (χ4v) is 2.48. The summed E-state index contributed by atoms with van der Waals surface area (Å²) in [5.74, 6) is 1.49. The number of nitrogens with zero attached hydrogens (tertiary/aromatic N) is 4. The maximum Gasteiger partial charge on any atom is 0.268 e. The molecule has 4 rings (SSSR count). The van der Waals surface area contributed by atoms with E-state index >= 15 is 0 Å². The van der Waals surface area contributed by atoms with E-state index in [1.165, 1.54) is 0 Å². The third-order valence-electron chi connectivity index (χ3n) is 3.68. The SMILES string of the molecule is COc1ccccc1-c1cncc(-c2nnc(-c3ccccc3)o2)n1. The third kappa shape index (κ3) is 2.97. The summed E-state index contributed by atoms with van der Waals surface area (Å²) in [7, 11) is 1.63. The molecule has 0 unspecified atom stereocenters. The quantitative estimate of drug-likeness (QED) is 0.565. The smallest absolute Gasteiger partial charge is 0.268 e. The molecule has 2 aromatic carbocycles. The van der Waals surface area contributed by atoms with Gasteiger partial charge in [-0.15, -0.1) is 10.2 Å². The lowest BCUT2D eigenvalue weighted by molar-refractivity contribution is 0.416. The van der Waals surface area contributed by atoms with Crippen LogP contribution in [0, 0.1) is 0 Å². The van der Waals surface area contributed by atoms with Gasteiger partial charge in [0.05, 0.1) is 25.2 Å². The Bertz CT molecular complexity index is 999. The number of hydrogen-bond acceptors (Lipinski definition) is 6. The van der Waals surface area contributed by atoms with Crippen molar-refractivity contribution in [2.45, 2.75) is 0 Å². The molecule has 0 radical (unpaired) electrons. The average molecular weight is 330 g/mol. The van der Waals surface area contributed by atoms with Crippen molar-refractivity contribution in [3.63, 3.8) is 0 Å². The monoisotopic (exact) mass is 330 g/mol. The van der Waals surface area contributed by atoms with Crippen LogP contribution in [0.15, 0.2) is 71.4 Å². The van der Waals surface area contributed by atoms with Crippen molar-refractivity contribution in [3.05, 3.63) is 67.0 Å². The van der Waals surface area contributed by atoms with E-state index in [0.717, 1.165) is 16.9 Å². The molecule has 0 fully saturated rings. The fourth-order valence-electron chi connectivity index (χ4n) is 2.48. The van der Waals surface area contributed by atoms with E-state index in [9.17, 15) is 0 Å². The van der Waals surface area contributed by atoms with E-state index in [4.69, 9.17) is 9.15 Å². The summed E-state index contributed by atoms with van der Waals surface area (Å²) in [5, 5.41) is 8.18. The highest BCUT2D eigenvalue weighted by Crippen LogP contribution is 2.29. The first-order chi connectivity index (χ1) is 12.3. The zero-order valence-corrected chi connectivity index (χ0v) is 13.5. The van der Waals surface area contributed by atoms with E-state index in [1.54, 1.807) is 19.5 Å². The summed E-state index contributed by atoms with van der Waals surface area (Å²) in [6.45, 7) is 0. The van der Waals surface area contributed by atoms with Crippen LogP contribution in [-0.4, -0.2) is 27.3 Å². The topological polar surface area (TPSA) is 73.9 Å². The zero-order chi connectivity index (χ0) is 17.1. The highest BCUT2D eigenvalue weighted by molar-refractivity contribution is 5.68. The lowest BCUT2D eigenvalue weighted by atomic mass is 10.1. The average Bonchev–Trinajstić information content (AvgIpc) is 3.19. The molecule has 122 valence electrons. The second-order valence-corrected chi connectivity index (χ2v) is 5.27. The van der Waals surface area contributed by atoms with Crippen molar-refractivity contribution in [2.24, 2.45) is 0 Å². The summed E-state index contributed by atoms with van der Waals surface area (Å²) < 4.78 is 11.1. The van der Waals surface area contributed by atoms with Crippen LogP contribution in [-0.2, 0) is 0 Å². The van der Waals surface area contributed by atoms with Gasteiger partial charge >= 0.3 is 0 Å². The van der Waals surface area contributed by atoms with Crippen LogP contribution in [0.3, 0.4) is 0 Å². The predicted molar refractivity (Wildman–Crippen MR) is 92.7 cm³/mol. The van der Waals surface area contributed by atoms with E-state index in [1.807, 2.05) is 54.6 Å². The van der Waals surface area contributed by atoms with Gasteiger partial charge in [0.15, 0.2) is 0 Å². The van der Waals surface area contributed by atoms with Gasteiger partial charge in [-0.2, -0.15) is 0 Å². The molecule has 0 saturated heterocycles. The lowest BCUT2D eigenvalue weighted by Crippen LogP contribution is -1.93. The van der Waals surface area contributed by atoms with Crippen LogP contribution >= 0.6 is 0 Å². The van der Waals surface area contributed by atoms with Gasteiger partial charge in [0.25, 0.3) is 5.89 Å². The Hall–Kier alpha value is -3.54. The normalized spacial score (nSPS) is 10.6. The molecule has 0 spiro atoms. The number of benzene rings is 2. The largest absolute Gasteiger partial charge is 0.496 e. The number of aromatic nitrogens is 4. The predicted octanol–water partition coefficient (Wildman–Crippen LogP) is 3.87. The van der Waals surface area contributed by atoms with Crippen molar-refractivity contribution in [1.29, 1.82) is 0 Å². The minimum absolute atomic E-state index is 0.322. The van der Waals surface area contributed by atoms with Crippen molar-refractivity contribution in [1.82, 2.24) is 20.2 Å². The second kappa shape index (κ2) is 6.52. The van der Waals surface area contributed by atoms with Crippen LogP contribution in [0.2, 0.25) is 0 Å². The number of methoxy groups -OCH3 is 1. The van der Waals surface area contributed by atoms with E-state index < -0.39 is 0 Å². The van der Waals surface area contributed by atoms with E-state index in [2.05, 4.69) is 20.2 Å². The molecule has 0 N–H and O–H groups in total. The standard InChI is InChI=1S/C19H14N4O2/c1-24-17-10-6-5-9-14(17)15-11-20-12-16(21-15)19-23-22-18(25-19)13-7-3-2-4-8-13/h2-12H,1H3. The molecule has 0 atom stereocenters. The molecule has 0 saturated carbocycles. The first-order valence-corrected chi connectivity index (χ1v) is 7.70. The van der Waals surface area contributed by atoms with Gasteiger partial charge in [-0.3, -0.25) is 4.98 Å². The van der Waals surface area contributed by atoms with Crippen LogP contribution in [0.25, 0.3) is 34.3 Å². The van der Waals surface area contributed by atoms with Crippen LogP contribution in [0.4, 0.5) is 0 Å². The Kier molecular flexibility index (Phi) is 3.92. The molecule has 0 aliphatic heterocycles. The number of para-hydroxylation sites is 1. The van der Waals surface area contributed by atoms with Gasteiger partial charge in [-0.25, -0.2) is 4.98 Å². The Balaban J connectivity index is 1.72. The first-order valence-electron chi connectivity index (χ1n) is 7.70. The van der Waals surface area contributed by atoms with Gasteiger partial charge in [0.1, 0.15) is 11.4 Å². The Morgan fingerprint density at radius 3 is 2.36 bits per heavy atom. The maximum atomic E-state index is 5.75. The molecule has 6 nitrogen and oxygen atoms in total. The molecule has 6 heteroatoms. The van der Waals surface area contributed by atoms with Gasteiger partial charge in [0, 0.05) is 11.1 Å². The molecule has 0 aliphatic rings. The molecular weight excluding hydrogens is 316 g/mol. The summed E-state index contributed by atoms with van der Waals surface area (Å²) in [4.78, 5) is 8.84. The molecule has 2 heterocycles. The molecule has 4 aromatic rings. The van der Waals surface area contributed by atoms with Crippen molar-refractivity contribution < 1.29 is 9.15 Å². The van der Waals surface area contributed by atoms with Crippen LogP contribution in [0.5, 0.6) is 5.75 Å².